The van der Waals surface area contributed by atoms with Crippen molar-refractivity contribution in [3.05, 3.63) is 22.2 Å². The first-order valence-corrected chi connectivity index (χ1v) is 3.04. The molecule has 0 nitrogen and oxygen atoms in total. The number of rotatable bonds is 0. The van der Waals surface area contributed by atoms with Gasteiger partial charge in [0.05, 0.1) is 5.02 Å². The van der Waals surface area contributed by atoms with Gasteiger partial charge in [0.25, 0.3) is 0 Å². The Morgan fingerprint density at radius 1 is 1.12 bits per heavy atom. The van der Waals surface area contributed by atoms with Crippen LogP contribution in [0, 0.1) is 0 Å². The second kappa shape index (κ2) is 1.20. The highest BCUT2D eigenvalue weighted by Gasteiger charge is 2.25. The maximum atomic E-state index is 5.67. The summed E-state index contributed by atoms with van der Waals surface area (Å²) in [5.74, 6) is 0. The molecule has 2 heteroatoms. The quantitative estimate of drug-likeness (QED) is 0.534. The topological polar surface area (TPSA) is 0 Å². The lowest BCUT2D eigenvalue weighted by molar-refractivity contribution is 1.99. The van der Waals surface area contributed by atoms with Gasteiger partial charge >= 0.3 is 0 Å². The molecule has 0 spiro atoms. The SMILES string of the molecule is Clc1ccc2c(Cl)c1-2. The molecule has 0 unspecified atom stereocenters. The predicted molar refractivity (Wildman–Crippen MR) is 35.5 cm³/mol. The fraction of sp³-hybridized carbons (Fsp3) is 0. The molecule has 0 aliphatic heterocycles. The van der Waals surface area contributed by atoms with Gasteiger partial charge in [0, 0.05) is 16.1 Å². The number of hydrogen-bond donors (Lipinski definition) is 0. The van der Waals surface area contributed by atoms with Crippen LogP contribution in [0.1, 0.15) is 0 Å². The van der Waals surface area contributed by atoms with Gasteiger partial charge in [-0.25, -0.2) is 0 Å². The average molecular weight is 145 g/mol. The lowest BCUT2D eigenvalue weighted by Gasteiger charge is -1.70. The summed E-state index contributed by atoms with van der Waals surface area (Å²) in [6.07, 6.45) is 0. The van der Waals surface area contributed by atoms with Gasteiger partial charge in [-0.05, 0) is 6.07 Å². The van der Waals surface area contributed by atoms with Crippen LogP contribution in [0.25, 0.3) is 11.1 Å². The molecule has 0 saturated heterocycles. The summed E-state index contributed by atoms with van der Waals surface area (Å²) in [5.41, 5.74) is 2.17. The third kappa shape index (κ3) is 0.378. The number of hydrogen-bond acceptors (Lipinski definition) is 0. The number of halogens is 2. The molecule has 0 aromatic rings. The molecule has 0 heterocycles. The Morgan fingerprint density at radius 2 is 1.88 bits per heavy atom. The normalized spacial score (nSPS) is 11.8. The molecule has 2 aliphatic rings. The first-order valence-electron chi connectivity index (χ1n) is 2.29. The van der Waals surface area contributed by atoms with Crippen LogP contribution in [0.4, 0.5) is 0 Å². The van der Waals surface area contributed by atoms with Gasteiger partial charge in [-0.2, -0.15) is 0 Å². The van der Waals surface area contributed by atoms with E-state index in [1.54, 1.807) is 0 Å². The van der Waals surface area contributed by atoms with Crippen LogP contribution in [0.5, 0.6) is 0 Å². The van der Waals surface area contributed by atoms with Gasteiger partial charge in [-0.15, -0.1) is 0 Å². The summed E-state index contributed by atoms with van der Waals surface area (Å²) in [5, 5.41) is 1.63. The molecule has 0 amide bonds. The Morgan fingerprint density at radius 3 is 2.12 bits per heavy atom. The zero-order chi connectivity index (χ0) is 5.72. The van der Waals surface area contributed by atoms with Crippen LogP contribution >= 0.6 is 23.2 Å². The van der Waals surface area contributed by atoms with E-state index < -0.39 is 0 Å². The van der Waals surface area contributed by atoms with Crippen molar-refractivity contribution in [1.29, 1.82) is 0 Å². The Bertz CT molecular complexity index is 253. The largest absolute Gasteiger partial charge is 0.0836 e. The maximum Gasteiger partial charge on any atom is 0.0579 e. The smallest absolute Gasteiger partial charge is 0.0579 e. The molecule has 0 saturated carbocycles. The molecule has 40 valence electrons. The van der Waals surface area contributed by atoms with Crippen LogP contribution < -0.4 is 0 Å². The van der Waals surface area contributed by atoms with Crippen LogP contribution in [0.15, 0.2) is 12.1 Å². The van der Waals surface area contributed by atoms with Crippen molar-refractivity contribution in [2.45, 2.75) is 0 Å². The average Bonchev–Trinajstić information content (AvgIpc) is 2.13. The van der Waals surface area contributed by atoms with Crippen LogP contribution in [0.2, 0.25) is 10.0 Å². The van der Waals surface area contributed by atoms with Gasteiger partial charge < -0.3 is 0 Å². The number of benzene rings is 1. The van der Waals surface area contributed by atoms with Crippen molar-refractivity contribution in [2.75, 3.05) is 0 Å². The summed E-state index contributed by atoms with van der Waals surface area (Å²) >= 11 is 11.3. The molecule has 0 aromatic heterocycles. The van der Waals surface area contributed by atoms with Gasteiger partial charge in [-0.1, -0.05) is 29.3 Å². The molecule has 0 radical (unpaired) electrons. The van der Waals surface area contributed by atoms with Gasteiger partial charge in [-0.3, -0.25) is 0 Å². The lowest BCUT2D eigenvalue weighted by Crippen LogP contribution is -1.41. The minimum atomic E-state index is 0.782. The molecular formula is C6H2Cl2. The predicted octanol–water partition coefficient (Wildman–Crippen LogP) is 2.97. The van der Waals surface area contributed by atoms with Gasteiger partial charge in [0.1, 0.15) is 0 Å². The van der Waals surface area contributed by atoms with E-state index in [0.29, 0.717) is 0 Å². The van der Waals surface area contributed by atoms with E-state index >= 15 is 0 Å². The Balaban J connectivity index is 2.72. The molecule has 0 fully saturated rings. The van der Waals surface area contributed by atoms with E-state index in [1.807, 2.05) is 12.1 Å². The van der Waals surface area contributed by atoms with Crippen molar-refractivity contribution < 1.29 is 0 Å². The first kappa shape index (κ1) is 4.66. The van der Waals surface area contributed by atoms with Crippen LogP contribution in [-0.2, 0) is 0 Å². The highest BCUT2D eigenvalue weighted by atomic mass is 35.5. The summed E-state index contributed by atoms with van der Waals surface area (Å²) < 4.78 is 0. The van der Waals surface area contributed by atoms with Crippen LogP contribution in [-0.4, -0.2) is 0 Å². The second-order valence-corrected chi connectivity index (χ2v) is 2.57. The Hall–Kier alpha value is -0.200. The second-order valence-electron chi connectivity index (χ2n) is 1.78. The summed E-state index contributed by atoms with van der Waals surface area (Å²) in [4.78, 5) is 0. The monoisotopic (exact) mass is 144 g/mol. The highest BCUT2D eigenvalue weighted by Crippen LogP contribution is 2.52. The molecule has 0 N–H and O–H groups in total. The van der Waals surface area contributed by atoms with E-state index in [-0.39, 0.29) is 0 Å². The van der Waals surface area contributed by atoms with E-state index in [9.17, 15) is 0 Å². The minimum absolute atomic E-state index is 0.782. The molecule has 0 bridgehead atoms. The molecule has 0 aromatic carbocycles. The Labute approximate surface area is 57.0 Å². The lowest BCUT2D eigenvalue weighted by atomic mass is 10.5. The molecule has 8 heavy (non-hydrogen) atoms. The third-order valence-corrected chi connectivity index (χ3v) is 2.01. The van der Waals surface area contributed by atoms with Crippen molar-refractivity contribution in [3.8, 4) is 11.1 Å². The van der Waals surface area contributed by atoms with E-state index in [1.165, 1.54) is 0 Å². The fourth-order valence-corrected chi connectivity index (χ4v) is 1.43. The fourth-order valence-electron chi connectivity index (χ4n) is 0.808. The summed E-state index contributed by atoms with van der Waals surface area (Å²) in [7, 11) is 0. The third-order valence-electron chi connectivity index (χ3n) is 1.30. The molecule has 2 rings (SSSR count). The molecular weight excluding hydrogens is 143 g/mol. The Kier molecular flexibility index (Phi) is 0.699. The van der Waals surface area contributed by atoms with Gasteiger partial charge in [0.15, 0.2) is 0 Å². The summed E-state index contributed by atoms with van der Waals surface area (Å²) in [6.45, 7) is 0. The van der Waals surface area contributed by atoms with E-state index in [2.05, 4.69) is 0 Å². The van der Waals surface area contributed by atoms with Crippen LogP contribution in [0.3, 0.4) is 0 Å². The zero-order valence-corrected chi connectivity index (χ0v) is 5.42. The maximum absolute atomic E-state index is 5.67. The zero-order valence-electron chi connectivity index (χ0n) is 3.91. The van der Waals surface area contributed by atoms with Crippen molar-refractivity contribution in [1.82, 2.24) is 0 Å². The molecule has 2 aliphatic carbocycles. The standard InChI is InChI=1S/C6H2Cl2/c7-4-2-1-3-5(4)6(3)8/h1-2H. The van der Waals surface area contributed by atoms with Gasteiger partial charge in [0.2, 0.25) is 0 Å². The van der Waals surface area contributed by atoms with E-state index in [0.717, 1.165) is 21.2 Å². The van der Waals surface area contributed by atoms with Crippen molar-refractivity contribution >= 4 is 23.2 Å². The first-order chi connectivity index (χ1) is 3.80. The summed E-state index contributed by atoms with van der Waals surface area (Å²) in [6, 6.07) is 3.79. The van der Waals surface area contributed by atoms with Crippen molar-refractivity contribution in [3.63, 3.8) is 0 Å². The molecule has 0 atom stereocenters. The number of fused-ring (bicyclic) bond motifs is 1. The highest BCUT2D eigenvalue weighted by molar-refractivity contribution is 6.47. The van der Waals surface area contributed by atoms with E-state index in [4.69, 9.17) is 23.2 Å². The van der Waals surface area contributed by atoms with Crippen molar-refractivity contribution in [2.24, 2.45) is 0 Å². The minimum Gasteiger partial charge on any atom is -0.0836 e.